The van der Waals surface area contributed by atoms with Crippen LogP contribution < -0.4 is 5.32 Å². The number of carbonyl (C=O) groups is 3. The Balaban J connectivity index is 1.39. The van der Waals surface area contributed by atoms with E-state index < -0.39 is 22.8 Å². The molecule has 1 aromatic carbocycles. The first-order valence-corrected chi connectivity index (χ1v) is 10.6. The summed E-state index contributed by atoms with van der Waals surface area (Å²) >= 11 is 1.51. The first-order valence-electron chi connectivity index (χ1n) is 9.76. The smallest absolute Gasteiger partial charge is 0.330 e. The molecule has 2 aliphatic rings. The van der Waals surface area contributed by atoms with Crippen LogP contribution in [0.25, 0.3) is 0 Å². The Bertz CT molecular complexity index is 951. The van der Waals surface area contributed by atoms with Crippen molar-refractivity contribution < 1.29 is 19.1 Å². The van der Waals surface area contributed by atoms with E-state index in [1.807, 2.05) is 50.2 Å². The molecule has 156 valence electrons. The highest BCUT2D eigenvalue weighted by molar-refractivity contribution is 8.01. The number of rotatable bonds is 6. The average molecular weight is 426 g/mol. The Morgan fingerprint density at radius 2 is 1.90 bits per heavy atom. The number of β-lactam (4-membered cyclic amide) rings is 1. The summed E-state index contributed by atoms with van der Waals surface area (Å²) in [5.74, 6) is -0.916. The minimum absolute atomic E-state index is 0.0564. The molecule has 0 bridgehead atoms. The molecule has 0 spiro atoms. The third kappa shape index (κ3) is 3.92. The van der Waals surface area contributed by atoms with Gasteiger partial charge in [0.25, 0.3) is 0 Å². The average Bonchev–Trinajstić information content (AvgIpc) is 2.99. The fraction of sp³-hybridized carbons (Fsp3) is 0.364. The number of nitrogens with zero attached hydrogens (tertiary/aromatic N) is 2. The van der Waals surface area contributed by atoms with Gasteiger partial charge in [-0.15, -0.1) is 11.8 Å². The Hall–Kier alpha value is -2.87. The molecule has 2 saturated heterocycles. The molecule has 2 aliphatic heterocycles. The second-order valence-electron chi connectivity index (χ2n) is 7.90. The largest absolute Gasteiger partial charge is 0.458 e. The number of ether oxygens (including phenoxy) is 1. The molecule has 0 aliphatic carbocycles. The normalized spacial score (nSPS) is 24.0. The highest BCUT2D eigenvalue weighted by atomic mass is 32.2. The lowest BCUT2D eigenvalue weighted by Crippen LogP contribution is -2.70. The van der Waals surface area contributed by atoms with E-state index in [0.717, 1.165) is 5.56 Å². The molecule has 2 amide bonds. The summed E-state index contributed by atoms with van der Waals surface area (Å²) < 4.78 is 4.92. The van der Waals surface area contributed by atoms with Gasteiger partial charge in [-0.1, -0.05) is 36.4 Å². The highest BCUT2D eigenvalue weighted by Gasteiger charge is 2.64. The van der Waals surface area contributed by atoms with Crippen LogP contribution in [0.2, 0.25) is 0 Å². The first-order chi connectivity index (χ1) is 14.4. The van der Waals surface area contributed by atoms with E-state index in [-0.39, 0.29) is 30.2 Å². The van der Waals surface area contributed by atoms with Crippen LogP contribution in [-0.4, -0.2) is 49.9 Å². The zero-order chi connectivity index (χ0) is 21.3. The maximum absolute atomic E-state index is 12.8. The number of hydrogen-bond acceptors (Lipinski definition) is 6. The first kappa shape index (κ1) is 20.4. The van der Waals surface area contributed by atoms with E-state index in [1.54, 1.807) is 23.2 Å². The number of carbonyl (C=O) groups excluding carboxylic acids is 3. The van der Waals surface area contributed by atoms with Gasteiger partial charge in [0.2, 0.25) is 11.8 Å². The van der Waals surface area contributed by atoms with Crippen molar-refractivity contribution in [3.63, 3.8) is 0 Å². The van der Waals surface area contributed by atoms with Crippen LogP contribution in [0, 0.1) is 0 Å². The molecule has 3 atom stereocenters. The fourth-order valence-electron chi connectivity index (χ4n) is 3.84. The summed E-state index contributed by atoms with van der Waals surface area (Å²) in [4.78, 5) is 43.7. The standard InChI is InChI=1S/C22H23N3O4S/c1-22(2)18(21(28)29-13-15-10-6-7-11-23-15)25-19(27)17(20(25)30-22)24-16(26)12-14-8-4-3-5-9-14/h3-11,17-18,20H,12-13H2,1-2H3,(H,24,26)/t17-,18+,20-/m1/s1. The van der Waals surface area contributed by atoms with E-state index in [4.69, 9.17) is 4.74 Å². The molecule has 4 rings (SSSR count). The summed E-state index contributed by atoms with van der Waals surface area (Å²) in [6, 6.07) is 13.4. The van der Waals surface area contributed by atoms with Gasteiger partial charge in [-0.25, -0.2) is 4.79 Å². The van der Waals surface area contributed by atoms with Crippen LogP contribution in [0.1, 0.15) is 25.1 Å². The third-order valence-corrected chi connectivity index (χ3v) is 6.85. The summed E-state index contributed by atoms with van der Waals surface area (Å²) in [6.07, 6.45) is 1.84. The Labute approximate surface area is 179 Å². The second kappa shape index (κ2) is 8.10. The number of fused-ring (bicyclic) bond motifs is 1. The molecule has 30 heavy (non-hydrogen) atoms. The number of pyridine rings is 1. The monoisotopic (exact) mass is 425 g/mol. The Morgan fingerprint density at radius 3 is 2.60 bits per heavy atom. The van der Waals surface area contributed by atoms with Crippen molar-refractivity contribution >= 4 is 29.5 Å². The zero-order valence-electron chi connectivity index (χ0n) is 16.8. The molecule has 0 radical (unpaired) electrons. The van der Waals surface area contributed by atoms with Crippen molar-refractivity contribution in [2.45, 2.75) is 49.1 Å². The molecule has 1 aromatic heterocycles. The van der Waals surface area contributed by atoms with E-state index >= 15 is 0 Å². The number of hydrogen-bond donors (Lipinski definition) is 1. The van der Waals surface area contributed by atoms with Crippen molar-refractivity contribution in [3.8, 4) is 0 Å². The van der Waals surface area contributed by atoms with Gasteiger partial charge in [0, 0.05) is 10.9 Å². The van der Waals surface area contributed by atoms with Crippen LogP contribution in [0.4, 0.5) is 0 Å². The highest BCUT2D eigenvalue weighted by Crippen LogP contribution is 2.51. The maximum atomic E-state index is 12.8. The maximum Gasteiger partial charge on any atom is 0.330 e. The van der Waals surface area contributed by atoms with Crippen LogP contribution in [0.5, 0.6) is 0 Å². The summed E-state index contributed by atoms with van der Waals surface area (Å²) in [7, 11) is 0. The van der Waals surface area contributed by atoms with Gasteiger partial charge in [0.1, 0.15) is 24.1 Å². The third-order valence-electron chi connectivity index (χ3n) is 5.28. The number of thioether (sulfide) groups is 1. The number of nitrogens with one attached hydrogen (secondary N) is 1. The number of benzene rings is 1. The summed E-state index contributed by atoms with van der Waals surface area (Å²) in [6.45, 7) is 3.89. The predicted molar refractivity (Wildman–Crippen MR) is 112 cm³/mol. The topological polar surface area (TPSA) is 88.6 Å². The van der Waals surface area contributed by atoms with Crippen molar-refractivity contribution in [2.75, 3.05) is 0 Å². The number of amides is 2. The SMILES string of the molecule is CC1(C)S[C@@H]2[C@H](NC(=O)Cc3ccccc3)C(=O)N2[C@H]1C(=O)OCc1ccccn1. The number of aromatic nitrogens is 1. The molecule has 8 heteroatoms. The van der Waals surface area contributed by atoms with Crippen molar-refractivity contribution in [3.05, 3.63) is 66.0 Å². The molecular formula is C22H23N3O4S. The molecule has 3 heterocycles. The summed E-state index contributed by atoms with van der Waals surface area (Å²) in [5, 5.41) is 2.55. The van der Waals surface area contributed by atoms with E-state index in [0.29, 0.717) is 5.69 Å². The minimum atomic E-state index is -0.703. The molecular weight excluding hydrogens is 402 g/mol. The van der Waals surface area contributed by atoms with Gasteiger partial charge in [-0.2, -0.15) is 0 Å². The molecule has 0 unspecified atom stereocenters. The quantitative estimate of drug-likeness (QED) is 0.562. The lowest BCUT2D eigenvalue weighted by Gasteiger charge is -2.43. The van der Waals surface area contributed by atoms with E-state index in [9.17, 15) is 14.4 Å². The Kier molecular flexibility index (Phi) is 5.51. The zero-order valence-corrected chi connectivity index (χ0v) is 17.6. The van der Waals surface area contributed by atoms with E-state index in [1.165, 1.54) is 11.8 Å². The lowest BCUT2D eigenvalue weighted by atomic mass is 9.96. The second-order valence-corrected chi connectivity index (χ2v) is 9.67. The van der Waals surface area contributed by atoms with Gasteiger partial charge < -0.3 is 15.0 Å². The molecule has 7 nitrogen and oxygen atoms in total. The van der Waals surface area contributed by atoms with Gasteiger partial charge in [-0.05, 0) is 31.5 Å². The predicted octanol–water partition coefficient (Wildman–Crippen LogP) is 1.91. The summed E-state index contributed by atoms with van der Waals surface area (Å²) in [5.41, 5.74) is 1.53. The van der Waals surface area contributed by atoms with Crippen molar-refractivity contribution in [1.29, 1.82) is 0 Å². The Morgan fingerprint density at radius 1 is 1.17 bits per heavy atom. The number of esters is 1. The van der Waals surface area contributed by atoms with Crippen LogP contribution in [-0.2, 0) is 32.1 Å². The van der Waals surface area contributed by atoms with Gasteiger partial charge in [-0.3, -0.25) is 14.6 Å². The van der Waals surface area contributed by atoms with Gasteiger partial charge in [0.05, 0.1) is 12.1 Å². The van der Waals surface area contributed by atoms with Crippen LogP contribution >= 0.6 is 11.8 Å². The van der Waals surface area contributed by atoms with Crippen molar-refractivity contribution in [1.82, 2.24) is 15.2 Å². The molecule has 1 N–H and O–H groups in total. The molecule has 2 fully saturated rings. The van der Waals surface area contributed by atoms with Gasteiger partial charge in [0.15, 0.2) is 0 Å². The minimum Gasteiger partial charge on any atom is -0.458 e. The van der Waals surface area contributed by atoms with E-state index in [2.05, 4.69) is 10.3 Å². The molecule has 2 aromatic rings. The fourth-order valence-corrected chi connectivity index (χ4v) is 5.46. The lowest BCUT2D eigenvalue weighted by molar-refractivity contribution is -0.165. The van der Waals surface area contributed by atoms with Crippen LogP contribution in [0.3, 0.4) is 0 Å². The van der Waals surface area contributed by atoms with Crippen molar-refractivity contribution in [2.24, 2.45) is 0 Å². The van der Waals surface area contributed by atoms with Crippen LogP contribution in [0.15, 0.2) is 54.7 Å². The molecule has 0 saturated carbocycles. The van der Waals surface area contributed by atoms with Gasteiger partial charge >= 0.3 is 5.97 Å².